The highest BCUT2D eigenvalue weighted by molar-refractivity contribution is 7.81. The number of rotatable bonds is 41. The van der Waals surface area contributed by atoms with Crippen LogP contribution >= 0.6 is 12.6 Å². The highest BCUT2D eigenvalue weighted by Crippen LogP contribution is 2.46. The van der Waals surface area contributed by atoms with Gasteiger partial charge in [-0.2, -0.15) is 12.6 Å². The monoisotopic (exact) mass is 1790 g/mol. The summed E-state index contributed by atoms with van der Waals surface area (Å²) in [5, 5.41) is 25.5. The van der Waals surface area contributed by atoms with Gasteiger partial charge in [0.25, 0.3) is 5.56 Å². The van der Waals surface area contributed by atoms with Crippen LogP contribution in [0.1, 0.15) is 137 Å². The second-order valence-corrected chi connectivity index (χ2v) is 33.7. The zero-order valence-electron chi connectivity index (χ0n) is 74.4. The first-order valence-electron chi connectivity index (χ1n) is 41.7. The Bertz CT molecular complexity index is 5030. The Balaban J connectivity index is 0.795. The number of likely N-dealkylation sites (N-methyl/N-ethyl adjacent to an activating group) is 10. The molecule has 1 aliphatic carbocycles. The molecule has 0 saturated carbocycles. The molecule has 2 aromatic carbocycles. The maximum Gasteiger partial charge on any atom is 0.407 e. The van der Waals surface area contributed by atoms with Gasteiger partial charge < -0.3 is 94.7 Å². The number of amides is 17. The summed E-state index contributed by atoms with van der Waals surface area (Å²) in [6.07, 6.45) is 1.67. The number of alkyl carbamates (subject to hydrolysis) is 1. The zero-order valence-corrected chi connectivity index (χ0v) is 75.3. The molecular formula is C85H115FN18O22S. The molecule has 5 atom stereocenters. The van der Waals surface area contributed by atoms with Gasteiger partial charge in [0.1, 0.15) is 31.1 Å². The van der Waals surface area contributed by atoms with Crippen LogP contribution in [-0.4, -0.2) is 341 Å². The third kappa shape index (κ3) is 25.4. The molecule has 2 aromatic heterocycles. The smallest absolute Gasteiger partial charge is 0.407 e. The second-order valence-electron chi connectivity index (χ2n) is 33.0. The Morgan fingerprint density at radius 1 is 0.630 bits per heavy atom. The second kappa shape index (κ2) is 44.1. The van der Waals surface area contributed by atoms with E-state index in [0.29, 0.717) is 76.7 Å². The molecule has 0 radical (unpaired) electrons. The topological polar surface area (TPSA) is 477 Å². The van der Waals surface area contributed by atoms with Crippen LogP contribution in [0.3, 0.4) is 0 Å². The number of aromatic nitrogens is 2. The van der Waals surface area contributed by atoms with Crippen LogP contribution in [0.4, 0.5) is 14.9 Å². The number of anilines is 1. The van der Waals surface area contributed by atoms with Crippen molar-refractivity contribution in [3.05, 3.63) is 91.5 Å². The molecular weight excluding hydrogens is 1680 g/mol. The molecule has 4 aliphatic rings. The lowest BCUT2D eigenvalue weighted by Crippen LogP contribution is -2.54. The number of carbonyl (C=O) groups is 18. The summed E-state index contributed by atoms with van der Waals surface area (Å²) in [5.74, 6) is -11.0. The van der Waals surface area contributed by atoms with Crippen LogP contribution in [0.2, 0.25) is 0 Å². The molecule has 0 bridgehead atoms. The number of imide groups is 1. The third-order valence-corrected chi connectivity index (χ3v) is 23.4. The highest BCUT2D eigenvalue weighted by atomic mass is 32.1. The summed E-state index contributed by atoms with van der Waals surface area (Å²) < 4.78 is 28.1. The van der Waals surface area contributed by atoms with Crippen LogP contribution in [0.15, 0.2) is 41.2 Å². The summed E-state index contributed by atoms with van der Waals surface area (Å²) in [6.45, 7) is 3.05. The molecule has 4 aromatic rings. The van der Waals surface area contributed by atoms with Crippen LogP contribution in [0.5, 0.6) is 0 Å². The number of hydrogen-bond donors (Lipinski definition) is 7. The number of hydrogen-bond acceptors (Lipinski definition) is 24. The number of nitrogens with zero attached hydrogens (tertiary/aromatic N) is 13. The molecule has 3 aliphatic heterocycles. The number of ether oxygens (including phenoxy) is 2. The largest absolute Gasteiger partial charge is 0.458 e. The fourth-order valence-corrected chi connectivity index (χ4v) is 15.0. The van der Waals surface area contributed by atoms with Crippen LogP contribution < -0.4 is 32.1 Å². The minimum absolute atomic E-state index is 0.0153. The minimum Gasteiger partial charge on any atom is -0.458 e. The van der Waals surface area contributed by atoms with E-state index in [1.165, 1.54) is 92.9 Å². The van der Waals surface area contributed by atoms with E-state index in [-0.39, 0.29) is 125 Å². The van der Waals surface area contributed by atoms with Crippen molar-refractivity contribution < 1.29 is 105 Å². The molecule has 8 rings (SSSR count). The van der Waals surface area contributed by atoms with E-state index in [1.807, 2.05) is 0 Å². The van der Waals surface area contributed by atoms with Crippen molar-refractivity contribution in [3.63, 3.8) is 0 Å². The lowest BCUT2D eigenvalue weighted by atomic mass is 9.81. The molecule has 5 heterocycles. The summed E-state index contributed by atoms with van der Waals surface area (Å²) in [6, 6.07) is 6.15. The summed E-state index contributed by atoms with van der Waals surface area (Å²) in [5.41, 5.74) is 1.64. The quantitative estimate of drug-likeness (QED) is 0.0112. The molecule has 1 unspecified atom stereocenters. The zero-order chi connectivity index (χ0) is 94.1. The van der Waals surface area contributed by atoms with E-state index in [1.54, 1.807) is 58.0 Å². The number of benzene rings is 2. The first-order valence-corrected chi connectivity index (χ1v) is 42.2. The molecule has 690 valence electrons. The number of thiol groups is 1. The number of aryl methyl sites for hydroxylation is 1. The summed E-state index contributed by atoms with van der Waals surface area (Å²) in [7, 11) is 13.3. The number of unbranched alkanes of at least 4 members (excludes halogenated alkanes) is 3. The fourth-order valence-electron chi connectivity index (χ4n) is 14.7. The molecule has 0 spiro atoms. The number of pyridine rings is 2. The number of carbonyl (C=O) groups excluding carboxylic acids is 18. The molecule has 127 heavy (non-hydrogen) atoms. The van der Waals surface area contributed by atoms with Gasteiger partial charge >= 0.3 is 12.1 Å². The van der Waals surface area contributed by atoms with Crippen molar-refractivity contribution in [1.29, 1.82) is 0 Å². The van der Waals surface area contributed by atoms with E-state index in [0.717, 1.165) is 49.0 Å². The average molecular weight is 1790 g/mol. The van der Waals surface area contributed by atoms with Gasteiger partial charge in [0.15, 0.2) is 5.60 Å². The number of nitrogens with one attached hydrogen (secondary N) is 5. The molecule has 1 fully saturated rings. The van der Waals surface area contributed by atoms with Gasteiger partial charge in [0, 0.05) is 132 Å². The predicted octanol–water partition coefficient (Wildman–Crippen LogP) is -0.487. The van der Waals surface area contributed by atoms with Crippen LogP contribution in [0.25, 0.3) is 22.3 Å². The first-order chi connectivity index (χ1) is 59.7. The Morgan fingerprint density at radius 3 is 1.61 bits per heavy atom. The average Bonchev–Trinajstić information content (AvgIpc) is 1.56. The molecule has 40 nitrogen and oxygen atoms in total. The standard InChI is InChI=1S/C85H115FN18O22S/c1-16-85(124)56-32-61-78-54(35-104(61)81(120)55(56)47-125-83(85)122)76-58(29-28-53-49(4)57(86)33-60(89-78)75(53)76)91-84(123)126-46-51-24-26-52(27-25-51)88-79(118)59(90-80(119)77(48(2)3)92-63(106)23-18-17-21-31-103-65(108)34-62(127)82(103)121)22-19-20-30-87-64(107)36-94(7)67(110)38-96(9)69(112)40-98(11)71(114)42-100(13)73(116)44-102(15)74(117)45-101(14)72(115)43-99(12)70(113)41-97(10)68(111)39-95(8)66(109)37-93(6)50(5)105/h24-27,32-33,48,58-59,62,77,124,127H,16-23,28-31,34-47H2,1-15H3,(H,87,107)(H,88,118)(H,90,119)(H,91,123)(H,92,106)/t58-,59-,62?,77-,85-/m0/s1. The minimum atomic E-state index is -2.09. The maximum atomic E-state index is 15.6. The third-order valence-electron chi connectivity index (χ3n) is 23.0. The van der Waals surface area contributed by atoms with Crippen LogP contribution in [-0.2, 0) is 123 Å². The number of likely N-dealkylation sites (tertiary alicyclic amines) is 1. The molecule has 6 N–H and O–H groups in total. The van der Waals surface area contributed by atoms with Crippen molar-refractivity contribution in [2.45, 2.75) is 154 Å². The summed E-state index contributed by atoms with van der Waals surface area (Å²) >= 11 is 4.16. The van der Waals surface area contributed by atoms with Crippen molar-refractivity contribution in [2.75, 3.05) is 154 Å². The highest BCUT2D eigenvalue weighted by Gasteiger charge is 2.47. The Morgan fingerprint density at radius 2 is 1.13 bits per heavy atom. The van der Waals surface area contributed by atoms with Gasteiger partial charge in [0.05, 0.1) is 106 Å². The fraction of sp³-hybridized carbons (Fsp3) is 0.553. The van der Waals surface area contributed by atoms with Crippen molar-refractivity contribution in [3.8, 4) is 11.4 Å². The first kappa shape index (κ1) is 99.9. The van der Waals surface area contributed by atoms with E-state index in [2.05, 4.69) is 39.2 Å². The van der Waals surface area contributed by atoms with Gasteiger partial charge in [0.2, 0.25) is 94.5 Å². The number of cyclic esters (lactones) is 1. The van der Waals surface area contributed by atoms with E-state index >= 15 is 4.39 Å². The number of esters is 1. The van der Waals surface area contributed by atoms with E-state index < -0.39 is 187 Å². The summed E-state index contributed by atoms with van der Waals surface area (Å²) in [4.78, 5) is 266. The number of aliphatic hydroxyl groups is 1. The van der Waals surface area contributed by atoms with E-state index in [9.17, 15) is 96.2 Å². The normalized spacial score (nSPS) is 15.7. The Hall–Kier alpha value is -12.5. The Kier molecular flexibility index (Phi) is 34.7. The van der Waals surface area contributed by atoms with Gasteiger partial charge in [-0.15, -0.1) is 0 Å². The van der Waals surface area contributed by atoms with Gasteiger partial charge in [-0.25, -0.2) is 19.0 Å². The van der Waals surface area contributed by atoms with Crippen molar-refractivity contribution in [2.24, 2.45) is 5.92 Å². The number of halogens is 1. The van der Waals surface area contributed by atoms with Crippen LogP contribution in [0, 0.1) is 18.7 Å². The lowest BCUT2D eigenvalue weighted by Gasteiger charge is -2.31. The number of fused-ring (bicyclic) bond motifs is 5. The lowest BCUT2D eigenvalue weighted by molar-refractivity contribution is -0.172. The van der Waals surface area contributed by atoms with E-state index in [4.69, 9.17) is 14.5 Å². The van der Waals surface area contributed by atoms with Gasteiger partial charge in [-0.1, -0.05) is 39.3 Å². The van der Waals surface area contributed by atoms with Gasteiger partial charge in [-0.3, -0.25) is 86.4 Å². The molecule has 17 amide bonds. The molecule has 1 saturated heterocycles. The maximum absolute atomic E-state index is 15.6. The van der Waals surface area contributed by atoms with Crippen molar-refractivity contribution in [1.82, 2.24) is 84.7 Å². The SMILES string of the molecule is CC[C@@]1(O)C(=O)OCc2c1cc1n(c2=O)Cc2c-1nc1cc(F)c(C)c3c1c2[C@@H](NC(=O)OCc1ccc(NC(=O)[C@H](CCCCNC(=O)CN(C)C(=O)CN(C)C(=O)CN(C)C(=O)CN(C)C(=O)CN(C)C(=O)CN(C)C(=O)CN(C)C(=O)CN(C)C(=O)CN(C)C(=O)CN(C)C(C)=O)NC(=O)[C@@H](NC(=O)CCCCCN2C(=O)CC(S)C2=O)C(C)C)cc1)CC3. The van der Waals surface area contributed by atoms with Gasteiger partial charge in [-0.05, 0) is 105 Å². The van der Waals surface area contributed by atoms with Crippen molar-refractivity contribution >= 4 is 136 Å². The predicted molar refractivity (Wildman–Crippen MR) is 459 cm³/mol. The molecule has 42 heteroatoms. The Labute approximate surface area is 739 Å².